The maximum Gasteiger partial charge on any atom is 0.278 e. The first-order chi connectivity index (χ1) is 9.04. The average molecular weight is 260 g/mol. The van der Waals surface area contributed by atoms with E-state index in [-0.39, 0.29) is 5.91 Å². The van der Waals surface area contributed by atoms with Gasteiger partial charge >= 0.3 is 0 Å². The van der Waals surface area contributed by atoms with Crippen LogP contribution in [0.5, 0.6) is 5.75 Å². The molecule has 0 aliphatic carbocycles. The smallest absolute Gasteiger partial charge is 0.278 e. The number of aryl methyl sites for hydroxylation is 1. The first-order valence-corrected chi connectivity index (χ1v) is 5.74. The number of nitrogens with two attached hydrogens (primary N) is 1. The van der Waals surface area contributed by atoms with Crippen LogP contribution in [0.25, 0.3) is 0 Å². The van der Waals surface area contributed by atoms with Crippen molar-refractivity contribution < 1.29 is 9.53 Å². The number of carbonyl (C=O) groups excluding carboxylic acids is 1. The largest absolute Gasteiger partial charge is 0.497 e. The normalized spacial score (nSPS) is 10.3. The fourth-order valence-electron chi connectivity index (χ4n) is 1.81. The second-order valence-corrected chi connectivity index (χ2v) is 4.14. The number of nitrogens with zero attached hydrogens (tertiary/aromatic N) is 3. The minimum atomic E-state index is -0.217. The molecule has 2 aromatic rings. The first-order valence-electron chi connectivity index (χ1n) is 5.74. The van der Waals surface area contributed by atoms with Gasteiger partial charge in [0.1, 0.15) is 11.4 Å². The summed E-state index contributed by atoms with van der Waals surface area (Å²) in [4.78, 5) is 13.9. The number of amides is 1. The monoisotopic (exact) mass is 260 g/mol. The number of hydrogen-bond acceptors (Lipinski definition) is 4. The van der Waals surface area contributed by atoms with Crippen molar-refractivity contribution in [1.82, 2.24) is 9.78 Å². The Morgan fingerprint density at radius 2 is 2.21 bits per heavy atom. The van der Waals surface area contributed by atoms with Crippen LogP contribution in [0.1, 0.15) is 10.5 Å². The molecule has 0 aliphatic rings. The van der Waals surface area contributed by atoms with E-state index in [4.69, 9.17) is 10.5 Å². The lowest BCUT2D eigenvalue weighted by atomic mass is 10.2. The third-order valence-corrected chi connectivity index (χ3v) is 2.91. The van der Waals surface area contributed by atoms with E-state index in [1.165, 1.54) is 15.8 Å². The molecule has 19 heavy (non-hydrogen) atoms. The van der Waals surface area contributed by atoms with Gasteiger partial charge < -0.3 is 15.4 Å². The Bertz CT molecular complexity index is 587. The Kier molecular flexibility index (Phi) is 3.41. The quantitative estimate of drug-likeness (QED) is 0.902. The molecule has 0 atom stereocenters. The van der Waals surface area contributed by atoms with E-state index < -0.39 is 0 Å². The van der Waals surface area contributed by atoms with Crippen LogP contribution in [0, 0.1) is 0 Å². The van der Waals surface area contributed by atoms with Crippen molar-refractivity contribution in [1.29, 1.82) is 0 Å². The van der Waals surface area contributed by atoms with Crippen molar-refractivity contribution in [3.63, 3.8) is 0 Å². The molecule has 1 amide bonds. The molecule has 0 radical (unpaired) electrons. The lowest BCUT2D eigenvalue weighted by molar-refractivity contribution is 0.0985. The number of ether oxygens (including phenoxy) is 1. The highest BCUT2D eigenvalue weighted by molar-refractivity contribution is 6.07. The summed E-state index contributed by atoms with van der Waals surface area (Å²) in [5.41, 5.74) is 7.21. The third-order valence-electron chi connectivity index (χ3n) is 2.91. The van der Waals surface area contributed by atoms with Crippen LogP contribution >= 0.6 is 0 Å². The van der Waals surface area contributed by atoms with Crippen LogP contribution in [0.3, 0.4) is 0 Å². The molecular weight excluding hydrogens is 244 g/mol. The Hall–Kier alpha value is -2.50. The number of hydrogen-bond donors (Lipinski definition) is 1. The molecular formula is C13H16N4O2. The van der Waals surface area contributed by atoms with E-state index >= 15 is 0 Å². The van der Waals surface area contributed by atoms with E-state index in [0.29, 0.717) is 17.1 Å². The molecule has 0 saturated carbocycles. The van der Waals surface area contributed by atoms with E-state index in [1.807, 2.05) is 18.2 Å². The van der Waals surface area contributed by atoms with E-state index in [1.54, 1.807) is 27.3 Å². The molecule has 6 nitrogen and oxygen atoms in total. The van der Waals surface area contributed by atoms with E-state index in [2.05, 4.69) is 5.10 Å². The van der Waals surface area contributed by atoms with Crippen molar-refractivity contribution in [3.8, 4) is 5.75 Å². The molecule has 100 valence electrons. The third kappa shape index (κ3) is 2.37. The van der Waals surface area contributed by atoms with Gasteiger partial charge in [0.2, 0.25) is 0 Å². The average Bonchev–Trinajstić information content (AvgIpc) is 2.76. The number of methoxy groups -OCH3 is 1. The standard InChI is InChI=1S/C13H16N4O2/c1-16(9-5-4-6-10(7-9)19-3)13(18)12-11(14)8-15-17(12)2/h4-8H,14H2,1-3H3. The molecule has 1 aromatic carbocycles. The topological polar surface area (TPSA) is 73.4 Å². The van der Waals surface area contributed by atoms with Gasteiger partial charge in [-0.3, -0.25) is 9.48 Å². The van der Waals surface area contributed by atoms with Crippen LogP contribution in [0.2, 0.25) is 0 Å². The lowest BCUT2D eigenvalue weighted by Crippen LogP contribution is -2.28. The highest BCUT2D eigenvalue weighted by Crippen LogP contribution is 2.22. The van der Waals surface area contributed by atoms with Crippen molar-refractivity contribution in [3.05, 3.63) is 36.2 Å². The predicted octanol–water partition coefficient (Wildman–Crippen LogP) is 1.29. The summed E-state index contributed by atoms with van der Waals surface area (Å²) in [5.74, 6) is 0.473. The van der Waals surface area contributed by atoms with E-state index in [9.17, 15) is 4.79 Å². The number of nitrogen functional groups attached to an aromatic ring is 1. The summed E-state index contributed by atoms with van der Waals surface area (Å²) < 4.78 is 6.61. The minimum Gasteiger partial charge on any atom is -0.497 e. The summed E-state index contributed by atoms with van der Waals surface area (Å²) in [5, 5.41) is 3.97. The summed E-state index contributed by atoms with van der Waals surface area (Å²) >= 11 is 0. The number of aromatic nitrogens is 2. The zero-order chi connectivity index (χ0) is 14.0. The van der Waals surface area contributed by atoms with Crippen molar-refractivity contribution >= 4 is 17.3 Å². The molecule has 0 fully saturated rings. The maximum absolute atomic E-state index is 12.4. The fraction of sp³-hybridized carbons (Fsp3) is 0.231. The lowest BCUT2D eigenvalue weighted by Gasteiger charge is -2.18. The number of carbonyl (C=O) groups is 1. The molecule has 0 unspecified atom stereocenters. The second-order valence-electron chi connectivity index (χ2n) is 4.14. The van der Waals surface area contributed by atoms with Gasteiger partial charge in [0.15, 0.2) is 0 Å². The van der Waals surface area contributed by atoms with Gasteiger partial charge in [0, 0.05) is 25.8 Å². The van der Waals surface area contributed by atoms with Gasteiger partial charge in [0.25, 0.3) is 5.91 Å². The Morgan fingerprint density at radius 1 is 1.47 bits per heavy atom. The van der Waals surface area contributed by atoms with Gasteiger partial charge in [-0.1, -0.05) is 6.07 Å². The molecule has 6 heteroatoms. The molecule has 2 N–H and O–H groups in total. The van der Waals surface area contributed by atoms with E-state index in [0.717, 1.165) is 5.69 Å². The number of rotatable bonds is 3. The molecule has 0 spiro atoms. The molecule has 1 aromatic heterocycles. The predicted molar refractivity (Wildman–Crippen MR) is 73.3 cm³/mol. The Labute approximate surface area is 111 Å². The molecule has 0 bridgehead atoms. The van der Waals surface area contributed by atoms with Crippen molar-refractivity contribution in [2.24, 2.45) is 7.05 Å². The van der Waals surface area contributed by atoms with Gasteiger partial charge in [-0.2, -0.15) is 5.10 Å². The molecule has 0 aliphatic heterocycles. The van der Waals surface area contributed by atoms with Crippen LogP contribution in [0.4, 0.5) is 11.4 Å². The highest BCUT2D eigenvalue weighted by atomic mass is 16.5. The van der Waals surface area contributed by atoms with Gasteiger partial charge in [-0.15, -0.1) is 0 Å². The van der Waals surface area contributed by atoms with Crippen molar-refractivity contribution in [2.45, 2.75) is 0 Å². The fourth-order valence-corrected chi connectivity index (χ4v) is 1.81. The summed E-state index contributed by atoms with van der Waals surface area (Å²) in [6.07, 6.45) is 1.46. The highest BCUT2D eigenvalue weighted by Gasteiger charge is 2.20. The summed E-state index contributed by atoms with van der Waals surface area (Å²) in [7, 11) is 4.95. The van der Waals surface area contributed by atoms with Crippen LogP contribution in [-0.2, 0) is 7.05 Å². The molecule has 0 saturated heterocycles. The maximum atomic E-state index is 12.4. The number of anilines is 2. The molecule has 1 heterocycles. The first kappa shape index (κ1) is 12.9. The second kappa shape index (κ2) is 5.01. The zero-order valence-electron chi connectivity index (χ0n) is 11.1. The number of benzene rings is 1. The van der Waals surface area contributed by atoms with Gasteiger partial charge in [-0.05, 0) is 12.1 Å². The van der Waals surface area contributed by atoms with Crippen LogP contribution in [0.15, 0.2) is 30.5 Å². The summed E-state index contributed by atoms with van der Waals surface area (Å²) in [6, 6.07) is 7.25. The van der Waals surface area contributed by atoms with Crippen molar-refractivity contribution in [2.75, 3.05) is 24.8 Å². The Balaban J connectivity index is 2.33. The van der Waals surface area contributed by atoms with Gasteiger partial charge in [0.05, 0.1) is 19.0 Å². The zero-order valence-corrected chi connectivity index (χ0v) is 11.1. The Morgan fingerprint density at radius 3 is 2.79 bits per heavy atom. The minimum absolute atomic E-state index is 0.217. The molecule has 2 rings (SSSR count). The summed E-state index contributed by atoms with van der Waals surface area (Å²) in [6.45, 7) is 0. The SMILES string of the molecule is COc1cccc(N(C)C(=O)c2c(N)cnn2C)c1. The van der Waals surface area contributed by atoms with Gasteiger partial charge in [-0.25, -0.2) is 0 Å². The van der Waals surface area contributed by atoms with Crippen LogP contribution in [-0.4, -0.2) is 29.8 Å². The van der Waals surface area contributed by atoms with Crippen LogP contribution < -0.4 is 15.4 Å².